The van der Waals surface area contributed by atoms with Crippen LogP contribution < -0.4 is 38.4 Å². The minimum absolute atomic E-state index is 0. The first-order valence-electron chi connectivity index (χ1n) is 16.8. The van der Waals surface area contributed by atoms with Gasteiger partial charge in [-0.15, -0.1) is 0 Å². The first kappa shape index (κ1) is 47.2. The van der Waals surface area contributed by atoms with E-state index >= 15 is 0 Å². The monoisotopic (exact) mass is 921 g/mol. The molecule has 3 aromatic heterocycles. The number of aromatic nitrogens is 3. The maximum Gasteiger partial charge on any atom is -0.344 e. The summed E-state index contributed by atoms with van der Waals surface area (Å²) in [5, 5.41) is 70.8. The third-order valence-corrected chi connectivity index (χ3v) is 21.5. The van der Waals surface area contributed by atoms with E-state index in [0.717, 1.165) is 18.2 Å². The van der Waals surface area contributed by atoms with Gasteiger partial charge in [0.05, 0.1) is 0 Å². The number of amides is 3. The van der Waals surface area contributed by atoms with Crippen molar-refractivity contribution in [2.75, 3.05) is 41.2 Å². The standard InChI is InChI=1S/3C11H15N2O5.La.H3N/c3*1-18-7-6-13-5-3-9(14)10(15)8(13)2-4-12-11(16)17;;/h3*3-5,12,15H,2,6-7H2,1H3,(H,16,17);;1H3. The molecule has 22 nitrogen and oxygen atoms in total. The van der Waals surface area contributed by atoms with Gasteiger partial charge < -0.3 is 6.15 Å². The number of nitrogens with zero attached hydrogens (tertiary/aromatic N) is 3. The van der Waals surface area contributed by atoms with Crippen molar-refractivity contribution in [1.29, 1.82) is 0 Å². The molecule has 0 saturated carbocycles. The summed E-state index contributed by atoms with van der Waals surface area (Å²) < 4.78 is 15.6. The molecule has 308 valence electrons. The van der Waals surface area contributed by atoms with Crippen LogP contribution in [0.4, 0.5) is 14.4 Å². The molecule has 0 bridgehead atoms. The average Bonchev–Trinajstić information content (AvgIpc) is 3.12. The Hall–Kier alpha value is -4.91. The van der Waals surface area contributed by atoms with Crippen molar-refractivity contribution in [1.82, 2.24) is 35.8 Å². The summed E-state index contributed by atoms with van der Waals surface area (Å²) in [6.45, 7) is 0.479. The number of ether oxygens (including phenoxy) is 3. The van der Waals surface area contributed by atoms with Crippen LogP contribution in [0.5, 0.6) is 17.2 Å². The van der Waals surface area contributed by atoms with E-state index in [9.17, 15) is 59.4 Å². The maximum absolute atomic E-state index is 12.7. The average molecular weight is 922 g/mol. The van der Waals surface area contributed by atoms with E-state index in [1.165, 1.54) is 53.6 Å². The predicted octanol–water partition coefficient (Wildman–Crippen LogP) is -0.181. The van der Waals surface area contributed by atoms with Gasteiger partial charge in [0.2, 0.25) is 0 Å². The number of rotatable bonds is 21. The van der Waals surface area contributed by atoms with Gasteiger partial charge in [-0.05, 0) is 0 Å². The first-order chi connectivity index (χ1) is 26.1. The van der Waals surface area contributed by atoms with Gasteiger partial charge in [-0.25, -0.2) is 0 Å². The second-order valence-corrected chi connectivity index (χ2v) is 23.5. The number of methoxy groups -OCH3 is 3. The molecule has 0 spiro atoms. The number of aromatic hydroxyl groups is 3. The molecule has 0 aliphatic heterocycles. The Morgan fingerprint density at radius 1 is 0.571 bits per heavy atom. The Balaban J connectivity index is 0.0000108. The number of hydrogen-bond acceptors (Lipinski definition) is 13. The summed E-state index contributed by atoms with van der Waals surface area (Å²) in [4.78, 5) is 75.9. The van der Waals surface area contributed by atoms with E-state index < -0.39 is 108 Å². The van der Waals surface area contributed by atoms with E-state index in [0.29, 0.717) is 0 Å². The Kier molecular flexibility index (Phi) is 19.1. The summed E-state index contributed by atoms with van der Waals surface area (Å²) in [7, 11) is 4.22. The molecule has 3 rings (SSSR count). The molecule has 0 fully saturated rings. The van der Waals surface area contributed by atoms with Gasteiger partial charge in [0, 0.05) is 0 Å². The zero-order valence-electron chi connectivity index (χ0n) is 31.0. The van der Waals surface area contributed by atoms with Crippen molar-refractivity contribution in [2.24, 2.45) is 0 Å². The van der Waals surface area contributed by atoms with Gasteiger partial charge in [0.25, 0.3) is 0 Å². The Morgan fingerprint density at radius 2 is 0.821 bits per heavy atom. The zero-order valence-corrected chi connectivity index (χ0v) is 34.7. The fourth-order valence-corrected chi connectivity index (χ4v) is 19.6. The van der Waals surface area contributed by atoms with Crippen LogP contribution in [0.25, 0.3) is 0 Å². The molecule has 3 unspecified atom stereocenters. The summed E-state index contributed by atoms with van der Waals surface area (Å²) in [5.74, 6) is -2.26. The topological polar surface area (TPSA) is 337 Å². The van der Waals surface area contributed by atoms with Gasteiger partial charge in [-0.3, -0.25) is 0 Å². The molecule has 56 heavy (non-hydrogen) atoms. The number of carbonyl (C=O) groups is 3. The second kappa shape index (κ2) is 22.6. The van der Waals surface area contributed by atoms with Crippen LogP contribution in [0.1, 0.15) is 17.1 Å². The van der Waals surface area contributed by atoms with Crippen LogP contribution in [-0.4, -0.2) is 111 Å². The zero-order chi connectivity index (χ0) is 40.8. The van der Waals surface area contributed by atoms with Gasteiger partial charge in [-0.1, -0.05) is 0 Å². The summed E-state index contributed by atoms with van der Waals surface area (Å²) in [6.07, 6.45) is -2.29. The molecule has 0 aromatic carbocycles. The van der Waals surface area contributed by atoms with Crippen LogP contribution in [0, 0.1) is 30.0 Å². The molecular weight excluding hydrogens is 873 g/mol. The van der Waals surface area contributed by atoms with E-state index in [1.54, 1.807) is 0 Å². The summed E-state index contributed by atoms with van der Waals surface area (Å²) in [6, 6.07) is 3.23. The second-order valence-electron chi connectivity index (χ2n) is 12.3. The molecule has 0 aliphatic rings. The van der Waals surface area contributed by atoms with Gasteiger partial charge in [0.15, 0.2) is 0 Å². The molecule has 0 radical (unpaired) electrons. The van der Waals surface area contributed by atoms with Crippen molar-refractivity contribution >= 4 is 18.3 Å². The molecule has 23 heteroatoms. The number of hydrogen-bond donors (Lipinski definition) is 10. The molecule has 3 amide bonds. The van der Waals surface area contributed by atoms with Crippen molar-refractivity contribution in [3.63, 3.8) is 0 Å². The number of nitrogens with one attached hydrogen (secondary N) is 3. The molecule has 0 saturated heterocycles. The fourth-order valence-electron chi connectivity index (χ4n) is 6.45. The van der Waals surface area contributed by atoms with Gasteiger partial charge in [-0.2, -0.15) is 0 Å². The van der Waals surface area contributed by atoms with Crippen LogP contribution in [0.15, 0.2) is 51.2 Å². The summed E-state index contributed by atoms with van der Waals surface area (Å²) >= 11 is -5.05. The minimum Gasteiger partial charge on any atom is -0.344 e. The molecule has 3 aromatic rings. The third kappa shape index (κ3) is 12.8. The molecule has 3 heterocycles. The van der Waals surface area contributed by atoms with Crippen molar-refractivity contribution in [3.8, 4) is 17.2 Å². The van der Waals surface area contributed by atoms with Gasteiger partial charge >= 0.3 is 326 Å². The van der Waals surface area contributed by atoms with E-state index in [2.05, 4.69) is 16.0 Å². The largest absolute Gasteiger partial charge is 0.344 e. The summed E-state index contributed by atoms with van der Waals surface area (Å²) in [5.41, 5.74) is -2.72. The van der Waals surface area contributed by atoms with E-state index in [4.69, 9.17) is 14.2 Å². The van der Waals surface area contributed by atoms with Crippen molar-refractivity contribution in [2.45, 2.75) is 46.2 Å². The Morgan fingerprint density at radius 3 is 1.04 bits per heavy atom. The Bertz CT molecular complexity index is 1760. The number of carboxylic acid groups (broad SMARTS) is 3. The van der Waals surface area contributed by atoms with Crippen molar-refractivity contribution < 1.29 is 89.2 Å². The van der Waals surface area contributed by atoms with E-state index in [-0.39, 0.29) is 62.7 Å². The Labute approximate surface area is 330 Å². The normalized spacial score (nSPS) is 12.5. The minimum atomic E-state index is -5.05. The van der Waals surface area contributed by atoms with Crippen LogP contribution in [-0.2, 0) is 53.1 Å². The predicted molar refractivity (Wildman–Crippen MR) is 194 cm³/mol. The van der Waals surface area contributed by atoms with E-state index in [1.807, 2.05) is 0 Å². The van der Waals surface area contributed by atoms with Gasteiger partial charge in [0.1, 0.15) is 0 Å². The fraction of sp³-hybridized carbons (Fsp3) is 0.455. The number of pyridine rings is 3. The molecule has 3 atom stereocenters. The van der Waals surface area contributed by atoms with Crippen LogP contribution >= 0.6 is 0 Å². The molecule has 12 N–H and O–H groups in total. The SMILES string of the molecule is COCCn1ccc(=O)c(O)c1C[CH](NC(=O)O)[La]([CH](Cc1c(O)c(=O)ccn1CCOC)NC(=O)O)[CH](Cc1c(O)c(=O)ccn1CCOC)NC(=O)O.N. The molecule has 0 aliphatic carbocycles. The van der Waals surface area contributed by atoms with Crippen LogP contribution in [0.2, 0.25) is 0 Å². The third-order valence-electron chi connectivity index (χ3n) is 8.95. The first-order valence-corrected chi connectivity index (χ1v) is 23.1. The maximum atomic E-state index is 12.7. The smallest absolute Gasteiger partial charge is 0.344 e. The molecular formula is C33H48LaN7O15. The quantitative estimate of drug-likeness (QED) is 0.0663. The van der Waals surface area contributed by atoms with Crippen LogP contribution in [0.3, 0.4) is 0 Å². The van der Waals surface area contributed by atoms with Crippen molar-refractivity contribution in [3.05, 3.63) is 84.5 Å².